The van der Waals surface area contributed by atoms with Gasteiger partial charge in [0.25, 0.3) is 0 Å². The Morgan fingerprint density at radius 3 is 2.96 bits per heavy atom. The van der Waals surface area contributed by atoms with Crippen molar-refractivity contribution in [2.75, 3.05) is 26.6 Å². The molecule has 1 aliphatic heterocycles. The first-order valence-electron chi connectivity index (χ1n) is 8.24. The second-order valence-electron chi connectivity index (χ2n) is 7.06. The molecule has 1 aromatic carbocycles. The number of halogens is 1. The van der Waals surface area contributed by atoms with Crippen molar-refractivity contribution in [1.82, 2.24) is 5.32 Å². The van der Waals surface area contributed by atoms with Crippen molar-refractivity contribution < 1.29 is 19.0 Å². The number of hydrogen-bond donors (Lipinski definition) is 1. The number of amides is 1. The molecule has 1 unspecified atom stereocenters. The molecule has 134 valence electrons. The summed E-state index contributed by atoms with van der Waals surface area (Å²) in [7, 11) is -1.10. The summed E-state index contributed by atoms with van der Waals surface area (Å²) in [5, 5.41) is 2.61. The van der Waals surface area contributed by atoms with E-state index in [1.165, 1.54) is 5.56 Å². The largest absolute Gasteiger partial charge is 0.446 e. The van der Waals surface area contributed by atoms with Gasteiger partial charge in [-0.25, -0.2) is 4.79 Å². The van der Waals surface area contributed by atoms with E-state index in [9.17, 15) is 4.79 Å². The maximum Gasteiger partial charge on any atom is 0.409 e. The van der Waals surface area contributed by atoms with Crippen LogP contribution in [0.1, 0.15) is 17.2 Å². The molecule has 1 N–H and O–H groups in total. The van der Waals surface area contributed by atoms with Gasteiger partial charge < -0.3 is 14.2 Å². The number of alkyl carbamates (subject to hydrolysis) is 1. The second kappa shape index (κ2) is 8.99. The van der Waals surface area contributed by atoms with E-state index in [4.69, 9.17) is 14.2 Å². The maximum absolute atomic E-state index is 11.8. The van der Waals surface area contributed by atoms with Crippen molar-refractivity contribution in [3.05, 3.63) is 33.8 Å². The van der Waals surface area contributed by atoms with Gasteiger partial charge in [0, 0.05) is 19.2 Å². The van der Waals surface area contributed by atoms with Crippen LogP contribution in [-0.2, 0) is 20.6 Å². The Balaban J connectivity index is 1.71. The normalized spacial score (nSPS) is 17.2. The third kappa shape index (κ3) is 6.20. The predicted octanol–water partition coefficient (Wildman–Crippen LogP) is 4.10. The van der Waals surface area contributed by atoms with Gasteiger partial charge in [-0.3, -0.25) is 5.32 Å². The molecule has 0 aliphatic carbocycles. The Hall–Kier alpha value is -0.893. The fraction of sp³-hybridized carbons (Fsp3) is 0.588. The molecule has 0 fully saturated rings. The van der Waals surface area contributed by atoms with Gasteiger partial charge in [-0.05, 0) is 29.7 Å². The van der Waals surface area contributed by atoms with Crippen LogP contribution in [0.5, 0.6) is 0 Å². The second-order valence-corrected chi connectivity index (χ2v) is 13.5. The van der Waals surface area contributed by atoms with Crippen LogP contribution < -0.4 is 5.32 Å². The molecule has 1 amide bonds. The summed E-state index contributed by atoms with van der Waals surface area (Å²) in [4.78, 5) is 11.8. The third-order valence-corrected chi connectivity index (χ3v) is 6.30. The number of ether oxygens (including phenoxy) is 3. The van der Waals surface area contributed by atoms with E-state index < -0.39 is 14.2 Å². The molecule has 1 aromatic rings. The third-order valence-electron chi connectivity index (χ3n) is 3.85. The number of fused-ring (bicyclic) bond motifs is 1. The van der Waals surface area contributed by atoms with Crippen molar-refractivity contribution in [2.45, 2.75) is 38.2 Å². The zero-order valence-electron chi connectivity index (χ0n) is 14.6. The lowest BCUT2D eigenvalue weighted by Crippen LogP contribution is -2.31. The van der Waals surface area contributed by atoms with Crippen LogP contribution in [-0.4, -0.2) is 40.7 Å². The highest BCUT2D eigenvalue weighted by Gasteiger charge is 2.23. The summed E-state index contributed by atoms with van der Waals surface area (Å²) in [6.07, 6.45) is 0.170. The van der Waals surface area contributed by atoms with Crippen LogP contribution in [0.2, 0.25) is 25.7 Å². The highest BCUT2D eigenvalue weighted by atomic mass is 79.9. The predicted molar refractivity (Wildman–Crippen MR) is 100.0 cm³/mol. The highest BCUT2D eigenvalue weighted by Crippen LogP contribution is 2.32. The van der Waals surface area contributed by atoms with E-state index in [1.54, 1.807) is 0 Å². The van der Waals surface area contributed by atoms with Gasteiger partial charge in [-0.2, -0.15) is 0 Å². The quantitative estimate of drug-likeness (QED) is 0.413. The Bertz CT molecular complexity index is 562. The zero-order valence-corrected chi connectivity index (χ0v) is 17.1. The van der Waals surface area contributed by atoms with Crippen LogP contribution in [0.3, 0.4) is 0 Å². The monoisotopic (exact) mass is 415 g/mol. The first-order valence-corrected chi connectivity index (χ1v) is 12.7. The number of nitrogens with one attached hydrogen (secondary N) is 1. The van der Waals surface area contributed by atoms with E-state index in [1.807, 2.05) is 18.2 Å². The maximum atomic E-state index is 11.8. The van der Waals surface area contributed by atoms with E-state index in [0.29, 0.717) is 13.2 Å². The molecule has 0 spiro atoms. The average Bonchev–Trinajstić information content (AvgIpc) is 2.52. The first-order chi connectivity index (χ1) is 11.4. The Labute approximate surface area is 153 Å². The Morgan fingerprint density at radius 1 is 1.42 bits per heavy atom. The first kappa shape index (κ1) is 19.4. The molecule has 1 aliphatic rings. The average molecular weight is 416 g/mol. The molecular formula is C17H26BrNO4Si. The SMILES string of the molecule is C[Si](C)(C)CCOCNC(=O)OCC1OCCc2c(Br)cccc21. The summed E-state index contributed by atoms with van der Waals surface area (Å²) in [6.45, 7) is 8.55. The summed E-state index contributed by atoms with van der Waals surface area (Å²) in [6, 6.07) is 7.08. The lowest BCUT2D eigenvalue weighted by molar-refractivity contribution is -0.00612. The van der Waals surface area contributed by atoms with Gasteiger partial charge in [0.15, 0.2) is 0 Å². The number of carbonyl (C=O) groups is 1. The smallest absolute Gasteiger partial charge is 0.409 e. The molecular weight excluding hydrogens is 390 g/mol. The fourth-order valence-electron chi connectivity index (χ4n) is 2.43. The summed E-state index contributed by atoms with van der Waals surface area (Å²) >= 11 is 3.56. The van der Waals surface area contributed by atoms with Crippen molar-refractivity contribution >= 4 is 30.1 Å². The van der Waals surface area contributed by atoms with Crippen LogP contribution in [0.15, 0.2) is 22.7 Å². The number of hydrogen-bond acceptors (Lipinski definition) is 4. The molecule has 1 heterocycles. The van der Waals surface area contributed by atoms with E-state index in [-0.39, 0.29) is 19.4 Å². The van der Waals surface area contributed by atoms with Gasteiger partial charge in [-0.15, -0.1) is 0 Å². The van der Waals surface area contributed by atoms with Gasteiger partial charge in [0.05, 0.1) is 6.61 Å². The minimum Gasteiger partial charge on any atom is -0.446 e. The van der Waals surface area contributed by atoms with Gasteiger partial charge in [0.1, 0.15) is 19.4 Å². The molecule has 2 rings (SSSR count). The van der Waals surface area contributed by atoms with Crippen molar-refractivity contribution in [2.24, 2.45) is 0 Å². The van der Waals surface area contributed by atoms with Gasteiger partial charge >= 0.3 is 6.09 Å². The summed E-state index contributed by atoms with van der Waals surface area (Å²) < 4.78 is 17.5. The molecule has 24 heavy (non-hydrogen) atoms. The van der Waals surface area contributed by atoms with E-state index in [2.05, 4.69) is 40.9 Å². The van der Waals surface area contributed by atoms with Crippen molar-refractivity contribution in [1.29, 1.82) is 0 Å². The van der Waals surface area contributed by atoms with E-state index in [0.717, 1.165) is 22.5 Å². The van der Waals surface area contributed by atoms with Crippen LogP contribution in [0, 0.1) is 0 Å². The molecule has 0 bridgehead atoms. The van der Waals surface area contributed by atoms with Crippen molar-refractivity contribution in [3.63, 3.8) is 0 Å². The van der Waals surface area contributed by atoms with Gasteiger partial charge in [0.2, 0.25) is 0 Å². The molecule has 5 nitrogen and oxygen atoms in total. The van der Waals surface area contributed by atoms with E-state index >= 15 is 0 Å². The minimum absolute atomic E-state index is 0.178. The topological polar surface area (TPSA) is 56.8 Å². The molecule has 0 saturated carbocycles. The molecule has 1 atom stereocenters. The zero-order chi connectivity index (χ0) is 17.6. The standard InChI is InChI=1S/C17H26BrNO4Si/c1-24(2,3)10-9-21-12-19-17(20)23-11-16-14-5-4-6-15(18)13(14)7-8-22-16/h4-6,16H,7-12H2,1-3H3,(H,19,20). The molecule has 0 radical (unpaired) electrons. The van der Waals surface area contributed by atoms with Crippen molar-refractivity contribution in [3.8, 4) is 0 Å². The van der Waals surface area contributed by atoms with Crippen LogP contribution >= 0.6 is 15.9 Å². The number of rotatable bonds is 7. The minimum atomic E-state index is -1.10. The lowest BCUT2D eigenvalue weighted by atomic mass is 9.98. The number of carbonyl (C=O) groups excluding carboxylic acids is 1. The molecule has 0 saturated heterocycles. The van der Waals surface area contributed by atoms with Crippen LogP contribution in [0.25, 0.3) is 0 Å². The lowest BCUT2D eigenvalue weighted by Gasteiger charge is -2.26. The van der Waals surface area contributed by atoms with Crippen LogP contribution in [0.4, 0.5) is 4.79 Å². The summed E-state index contributed by atoms with van der Waals surface area (Å²) in [5.74, 6) is 0. The number of benzene rings is 1. The molecule has 0 aromatic heterocycles. The highest BCUT2D eigenvalue weighted by molar-refractivity contribution is 9.10. The summed E-state index contributed by atoms with van der Waals surface area (Å²) in [5.41, 5.74) is 2.31. The Kier molecular flexibility index (Phi) is 7.28. The molecule has 7 heteroatoms. The Morgan fingerprint density at radius 2 is 2.21 bits per heavy atom. The van der Waals surface area contributed by atoms with Gasteiger partial charge in [-0.1, -0.05) is 47.7 Å². The fourth-order valence-corrected chi connectivity index (χ4v) is 3.77.